The molecule has 0 amide bonds. The van der Waals surface area contributed by atoms with Crippen LogP contribution in [0.4, 0.5) is 0 Å². The minimum absolute atomic E-state index is 0.0394. The molecule has 1 aromatic rings. The highest BCUT2D eigenvalue weighted by Crippen LogP contribution is 2.69. The van der Waals surface area contributed by atoms with Gasteiger partial charge in [-0.05, 0) is 121 Å². The molecule has 0 heterocycles. The Labute approximate surface area is 218 Å². The molecule has 0 aromatic heterocycles. The van der Waals surface area contributed by atoms with E-state index in [9.17, 15) is 9.90 Å². The summed E-state index contributed by atoms with van der Waals surface area (Å²) in [6.45, 7) is 10.3. The lowest BCUT2D eigenvalue weighted by Crippen LogP contribution is -2.55. The van der Waals surface area contributed by atoms with E-state index >= 15 is 0 Å². The third kappa shape index (κ3) is 4.23. The van der Waals surface area contributed by atoms with Gasteiger partial charge in [-0.25, -0.2) is 4.79 Å². The highest BCUT2D eigenvalue weighted by Gasteiger charge is 2.61. The van der Waals surface area contributed by atoms with Gasteiger partial charge in [-0.15, -0.1) is 0 Å². The van der Waals surface area contributed by atoms with Crippen molar-refractivity contribution in [2.75, 3.05) is 0 Å². The smallest absolute Gasteiger partial charge is 0.339 e. The molecule has 3 heteroatoms. The van der Waals surface area contributed by atoms with Gasteiger partial charge >= 0.3 is 5.97 Å². The highest BCUT2D eigenvalue weighted by atomic mass is 16.4. The number of hydrogen-bond donors (Lipinski definition) is 2. The van der Waals surface area contributed by atoms with Gasteiger partial charge in [0.1, 0.15) is 11.3 Å². The summed E-state index contributed by atoms with van der Waals surface area (Å²) in [6, 6.07) is 4.84. The Morgan fingerprint density at radius 2 is 1.83 bits per heavy atom. The molecule has 0 spiro atoms. The lowest BCUT2D eigenvalue weighted by atomic mass is 9.42. The van der Waals surface area contributed by atoms with E-state index in [4.69, 9.17) is 5.11 Å². The third-order valence-corrected chi connectivity index (χ3v) is 12.1. The minimum atomic E-state index is -1.09. The number of benzene rings is 1. The summed E-state index contributed by atoms with van der Waals surface area (Å²) in [6.07, 6.45) is 19.8. The number of aromatic carboxylic acids is 1. The molecule has 5 rings (SSSR count). The average molecular weight is 493 g/mol. The summed E-state index contributed by atoms with van der Waals surface area (Å²) in [7, 11) is 0. The standard InChI is InChI=1S/C33H48O3/c1-5-23-20-25-28-15-14-26(21(2)9-8-10-22-12-13-24(31(35)36)30(34)19-22)33(28,4)18-16-29(25)32(3)17-7-6-11-27(23)32/h8,10,12-13,19,21,23,25-29,34H,5-7,9,11,14-18,20H2,1-4H3,(H,35,36)/b10-8+/t21-,23+,25?,26-,27?,28?,29+,32?,33?/m1/s1. The van der Waals surface area contributed by atoms with Crippen molar-refractivity contribution in [2.45, 2.75) is 98.3 Å². The minimum Gasteiger partial charge on any atom is -0.507 e. The molecule has 5 unspecified atom stereocenters. The van der Waals surface area contributed by atoms with Crippen molar-refractivity contribution in [2.24, 2.45) is 52.3 Å². The van der Waals surface area contributed by atoms with Gasteiger partial charge in [-0.2, -0.15) is 0 Å². The van der Waals surface area contributed by atoms with E-state index < -0.39 is 5.97 Å². The predicted octanol–water partition coefficient (Wildman–Crippen LogP) is 8.81. The second-order valence-corrected chi connectivity index (χ2v) is 13.6. The van der Waals surface area contributed by atoms with Gasteiger partial charge in [-0.1, -0.05) is 65.2 Å². The van der Waals surface area contributed by atoms with E-state index in [0.29, 0.717) is 16.7 Å². The maximum Gasteiger partial charge on any atom is 0.339 e. The maximum absolute atomic E-state index is 11.2. The molecule has 4 aliphatic rings. The summed E-state index contributed by atoms with van der Waals surface area (Å²) in [4.78, 5) is 11.2. The van der Waals surface area contributed by atoms with Crippen LogP contribution < -0.4 is 0 Å². The second kappa shape index (κ2) is 9.84. The topological polar surface area (TPSA) is 57.5 Å². The van der Waals surface area contributed by atoms with E-state index in [0.717, 1.165) is 47.5 Å². The number of carboxylic acids is 1. The van der Waals surface area contributed by atoms with Crippen molar-refractivity contribution >= 4 is 12.0 Å². The quantitative estimate of drug-likeness (QED) is 0.417. The van der Waals surface area contributed by atoms with Crippen LogP contribution in [0.2, 0.25) is 0 Å². The predicted molar refractivity (Wildman–Crippen MR) is 147 cm³/mol. The largest absolute Gasteiger partial charge is 0.507 e. The number of aromatic hydroxyl groups is 1. The van der Waals surface area contributed by atoms with Crippen LogP contribution in [-0.2, 0) is 0 Å². The Kier molecular flexibility index (Phi) is 7.07. The van der Waals surface area contributed by atoms with Crippen molar-refractivity contribution in [3.63, 3.8) is 0 Å². The van der Waals surface area contributed by atoms with Crippen LogP contribution in [0.25, 0.3) is 6.08 Å². The van der Waals surface area contributed by atoms with Gasteiger partial charge in [0, 0.05) is 0 Å². The van der Waals surface area contributed by atoms with Crippen LogP contribution in [0.15, 0.2) is 24.3 Å². The van der Waals surface area contributed by atoms with E-state index in [-0.39, 0.29) is 11.3 Å². The Morgan fingerprint density at radius 1 is 1.06 bits per heavy atom. The first-order chi connectivity index (χ1) is 17.2. The zero-order valence-electron chi connectivity index (χ0n) is 23.0. The van der Waals surface area contributed by atoms with Crippen LogP contribution in [-0.4, -0.2) is 16.2 Å². The highest BCUT2D eigenvalue weighted by molar-refractivity contribution is 5.91. The van der Waals surface area contributed by atoms with Crippen molar-refractivity contribution in [1.29, 1.82) is 0 Å². The van der Waals surface area contributed by atoms with E-state index in [1.165, 1.54) is 70.3 Å². The Bertz CT molecular complexity index is 997. The van der Waals surface area contributed by atoms with Gasteiger partial charge < -0.3 is 10.2 Å². The molecule has 36 heavy (non-hydrogen) atoms. The number of carboxylic acid groups (broad SMARTS) is 1. The van der Waals surface area contributed by atoms with Gasteiger partial charge in [0.15, 0.2) is 0 Å². The number of carbonyl (C=O) groups is 1. The molecule has 2 N–H and O–H groups in total. The number of rotatable bonds is 6. The van der Waals surface area contributed by atoms with Crippen molar-refractivity contribution < 1.29 is 15.0 Å². The van der Waals surface area contributed by atoms with Crippen LogP contribution >= 0.6 is 0 Å². The number of fused-ring (bicyclic) bond motifs is 5. The number of allylic oxidation sites excluding steroid dienone is 1. The van der Waals surface area contributed by atoms with Gasteiger partial charge in [0.25, 0.3) is 0 Å². The first-order valence-corrected chi connectivity index (χ1v) is 14.9. The first kappa shape index (κ1) is 25.9. The van der Waals surface area contributed by atoms with E-state index in [2.05, 4.69) is 33.8 Å². The molecule has 4 saturated carbocycles. The van der Waals surface area contributed by atoms with Gasteiger partial charge in [-0.3, -0.25) is 0 Å². The summed E-state index contributed by atoms with van der Waals surface area (Å²) >= 11 is 0. The fraction of sp³-hybridized carbons (Fsp3) is 0.727. The molecular weight excluding hydrogens is 444 g/mol. The fourth-order valence-corrected chi connectivity index (χ4v) is 10.4. The number of hydrogen-bond acceptors (Lipinski definition) is 2. The molecule has 4 aliphatic carbocycles. The van der Waals surface area contributed by atoms with Crippen LogP contribution in [0.1, 0.15) is 114 Å². The molecule has 1 aromatic carbocycles. The van der Waals surface area contributed by atoms with Crippen LogP contribution in [0.5, 0.6) is 5.75 Å². The molecule has 0 aliphatic heterocycles. The average Bonchev–Trinajstić information content (AvgIpc) is 3.20. The van der Waals surface area contributed by atoms with Crippen LogP contribution in [0, 0.1) is 52.3 Å². The summed E-state index contributed by atoms with van der Waals surface area (Å²) in [5.74, 6) is 4.90. The van der Waals surface area contributed by atoms with E-state index in [1.807, 2.05) is 6.08 Å². The van der Waals surface area contributed by atoms with E-state index in [1.54, 1.807) is 12.1 Å². The zero-order valence-corrected chi connectivity index (χ0v) is 23.0. The first-order valence-electron chi connectivity index (χ1n) is 14.9. The lowest BCUT2D eigenvalue weighted by molar-refractivity contribution is -0.137. The zero-order chi connectivity index (χ0) is 25.7. The SMILES string of the molecule is CC[C@H]1CC2C3CC[C@H]([C@H](C)C/C=C/c4ccc(C(=O)O)c(O)c4)C3(C)CC[C@@H]2C2(C)CCCCC12. The molecule has 0 saturated heterocycles. The molecule has 198 valence electrons. The monoisotopic (exact) mass is 492 g/mol. The normalized spacial score (nSPS) is 40.9. The second-order valence-electron chi connectivity index (χ2n) is 13.6. The molecule has 3 nitrogen and oxygen atoms in total. The third-order valence-electron chi connectivity index (χ3n) is 12.1. The molecule has 0 bridgehead atoms. The van der Waals surface area contributed by atoms with Gasteiger partial charge in [0.2, 0.25) is 0 Å². The van der Waals surface area contributed by atoms with Crippen molar-refractivity contribution in [1.82, 2.24) is 0 Å². The number of phenols is 1. The van der Waals surface area contributed by atoms with Crippen molar-refractivity contribution in [3.8, 4) is 5.75 Å². The Hall–Kier alpha value is -1.77. The summed E-state index contributed by atoms with van der Waals surface area (Å²) < 4.78 is 0. The molecule has 0 radical (unpaired) electrons. The maximum atomic E-state index is 11.2. The van der Waals surface area contributed by atoms with Crippen molar-refractivity contribution in [3.05, 3.63) is 35.4 Å². The fourth-order valence-electron chi connectivity index (χ4n) is 10.4. The molecule has 4 fully saturated rings. The molecular formula is C33H48O3. The summed E-state index contributed by atoms with van der Waals surface area (Å²) in [5, 5.41) is 19.2. The van der Waals surface area contributed by atoms with Gasteiger partial charge in [0.05, 0.1) is 0 Å². The lowest BCUT2D eigenvalue weighted by Gasteiger charge is -2.63. The van der Waals surface area contributed by atoms with Crippen LogP contribution in [0.3, 0.4) is 0 Å². The Morgan fingerprint density at radius 3 is 2.56 bits per heavy atom. The molecule has 9 atom stereocenters. The Balaban J connectivity index is 1.28. The summed E-state index contributed by atoms with van der Waals surface area (Å²) in [5.41, 5.74) is 1.90.